The minimum atomic E-state index is 0.471. The molecule has 6 heavy (non-hydrogen) atoms. The molecule has 1 fully saturated rings. The highest BCUT2D eigenvalue weighted by Crippen LogP contribution is 2.09. The fourth-order valence-corrected chi connectivity index (χ4v) is 4.51. The van der Waals surface area contributed by atoms with Gasteiger partial charge in [-0.1, -0.05) is 6.04 Å². The monoisotopic (exact) mass is 118 g/mol. The third-order valence-electron chi connectivity index (χ3n) is 1.08. The van der Waals surface area contributed by atoms with E-state index in [0.29, 0.717) is 9.52 Å². The molecule has 2 heteroatoms. The maximum Gasteiger partial charge on any atom is 0.0317 e. The quantitative estimate of drug-likeness (QED) is 0.421. The van der Waals surface area contributed by atoms with E-state index in [-0.39, 0.29) is 0 Å². The average Bonchev–Trinajstić information content (AvgIpc) is 1.72. The molecule has 1 aliphatic heterocycles. The summed E-state index contributed by atoms with van der Waals surface area (Å²) < 4.78 is 0. The molecule has 0 saturated carbocycles. The molecule has 0 aliphatic carbocycles. The van der Waals surface area contributed by atoms with E-state index in [9.17, 15) is 0 Å². The maximum absolute atomic E-state index is 2.16. The van der Waals surface area contributed by atoms with Crippen LogP contribution in [0.5, 0.6) is 0 Å². The first-order chi connectivity index (χ1) is 3.00. The lowest BCUT2D eigenvalue weighted by Crippen LogP contribution is -2.01. The van der Waals surface area contributed by atoms with Crippen molar-refractivity contribution in [2.45, 2.75) is 12.5 Å². The predicted octanol–water partition coefficient (Wildman–Crippen LogP) is 0.668. The molecule has 0 spiro atoms. The highest BCUT2D eigenvalue weighted by molar-refractivity contribution is 8.00. The zero-order chi connectivity index (χ0) is 4.24. The molecule has 1 rings (SSSR count). The molecule has 0 aromatic carbocycles. The van der Waals surface area contributed by atoms with Gasteiger partial charge >= 0.3 is 0 Å². The van der Waals surface area contributed by atoms with Crippen molar-refractivity contribution >= 4 is 21.3 Å². The van der Waals surface area contributed by atoms with Gasteiger partial charge in [-0.25, -0.2) is 0 Å². The molecule has 0 unspecified atom stereocenters. The number of hydrogen-bond donors (Lipinski definition) is 0. The smallest absolute Gasteiger partial charge is 0.0317 e. The molecular formula is C4H10SSi. The zero-order valence-electron chi connectivity index (χ0n) is 3.94. The fraction of sp³-hybridized carbons (Fsp3) is 1.00. The largest absolute Gasteiger partial charge is 0.166 e. The van der Waals surface area contributed by atoms with Gasteiger partial charge in [0.15, 0.2) is 0 Å². The van der Waals surface area contributed by atoms with Crippen molar-refractivity contribution < 1.29 is 0 Å². The summed E-state index contributed by atoms with van der Waals surface area (Å²) in [6.45, 7) is 0. The number of thioether (sulfide) groups is 1. The molecule has 0 atom stereocenters. The van der Waals surface area contributed by atoms with E-state index < -0.39 is 0 Å². The molecular weight excluding hydrogens is 108 g/mol. The Kier molecular flexibility index (Phi) is 2.12. The van der Waals surface area contributed by atoms with Crippen LogP contribution in [0.25, 0.3) is 0 Å². The van der Waals surface area contributed by atoms with Crippen LogP contribution in [0, 0.1) is 0 Å². The van der Waals surface area contributed by atoms with Gasteiger partial charge in [0.1, 0.15) is 0 Å². The number of rotatable bonds is 0. The molecule has 0 radical (unpaired) electrons. The van der Waals surface area contributed by atoms with E-state index in [1.165, 1.54) is 12.2 Å². The standard InChI is InChI=1S/C4H10SSi/c1-2-5-4-6-3-1/h1-4,6H2. The van der Waals surface area contributed by atoms with E-state index in [2.05, 4.69) is 11.8 Å². The normalized spacial score (nSPS) is 28.0. The average molecular weight is 118 g/mol. The Hall–Kier alpha value is 0.567. The van der Waals surface area contributed by atoms with Crippen molar-refractivity contribution in [2.24, 2.45) is 0 Å². The summed E-state index contributed by atoms with van der Waals surface area (Å²) in [4.78, 5) is 0. The van der Waals surface area contributed by atoms with Crippen LogP contribution in [0.3, 0.4) is 0 Å². The molecule has 1 heterocycles. The van der Waals surface area contributed by atoms with Crippen molar-refractivity contribution in [1.82, 2.24) is 0 Å². The Labute approximate surface area is 45.5 Å². The van der Waals surface area contributed by atoms with Crippen LogP contribution >= 0.6 is 11.8 Å². The van der Waals surface area contributed by atoms with Gasteiger partial charge in [0.05, 0.1) is 0 Å². The minimum absolute atomic E-state index is 0.471. The third-order valence-corrected chi connectivity index (χ3v) is 4.96. The highest BCUT2D eigenvalue weighted by Gasteiger charge is 1.96. The van der Waals surface area contributed by atoms with Crippen molar-refractivity contribution in [3.63, 3.8) is 0 Å². The van der Waals surface area contributed by atoms with Gasteiger partial charge in [-0.3, -0.25) is 0 Å². The Morgan fingerprint density at radius 2 is 2.50 bits per heavy atom. The van der Waals surface area contributed by atoms with Crippen LogP contribution in [0.2, 0.25) is 6.04 Å². The summed E-state index contributed by atoms with van der Waals surface area (Å²) in [6.07, 6.45) is 1.52. The van der Waals surface area contributed by atoms with Crippen LogP contribution in [-0.2, 0) is 0 Å². The lowest BCUT2D eigenvalue weighted by atomic mass is 10.6. The van der Waals surface area contributed by atoms with Crippen molar-refractivity contribution in [2.75, 3.05) is 11.1 Å². The van der Waals surface area contributed by atoms with Crippen molar-refractivity contribution in [1.29, 1.82) is 0 Å². The molecule has 1 aliphatic rings. The summed E-state index contributed by atoms with van der Waals surface area (Å²) in [5.74, 6) is 1.45. The molecule has 0 amide bonds. The van der Waals surface area contributed by atoms with Gasteiger partial charge < -0.3 is 0 Å². The Balaban J connectivity index is 2.00. The third kappa shape index (κ3) is 1.35. The van der Waals surface area contributed by atoms with Gasteiger partial charge in [0, 0.05) is 9.52 Å². The minimum Gasteiger partial charge on any atom is -0.166 e. The second-order valence-corrected chi connectivity index (χ2v) is 5.54. The molecule has 0 nitrogen and oxygen atoms in total. The summed E-state index contributed by atoms with van der Waals surface area (Å²) in [5, 5.41) is 1.56. The second kappa shape index (κ2) is 2.69. The molecule has 0 N–H and O–H groups in total. The maximum atomic E-state index is 2.16. The van der Waals surface area contributed by atoms with Gasteiger partial charge in [-0.05, 0) is 17.5 Å². The van der Waals surface area contributed by atoms with Crippen LogP contribution in [0.1, 0.15) is 6.42 Å². The lowest BCUT2D eigenvalue weighted by molar-refractivity contribution is 1.08. The Bertz CT molecular complexity index is 23.0. The van der Waals surface area contributed by atoms with Gasteiger partial charge in [0.25, 0.3) is 0 Å². The van der Waals surface area contributed by atoms with E-state index >= 15 is 0 Å². The van der Waals surface area contributed by atoms with Crippen LogP contribution in [0.15, 0.2) is 0 Å². The van der Waals surface area contributed by atoms with E-state index in [1.54, 1.807) is 11.4 Å². The summed E-state index contributed by atoms with van der Waals surface area (Å²) >= 11 is 2.16. The molecule has 0 bridgehead atoms. The van der Waals surface area contributed by atoms with Crippen molar-refractivity contribution in [3.8, 4) is 0 Å². The van der Waals surface area contributed by atoms with Gasteiger partial charge in [-0.2, -0.15) is 11.8 Å². The number of hydrogen-bond acceptors (Lipinski definition) is 1. The van der Waals surface area contributed by atoms with Crippen LogP contribution in [-0.4, -0.2) is 20.6 Å². The summed E-state index contributed by atoms with van der Waals surface area (Å²) in [6, 6.07) is 1.62. The first-order valence-electron chi connectivity index (χ1n) is 2.58. The molecule has 0 aromatic rings. The highest BCUT2D eigenvalue weighted by atomic mass is 32.2. The lowest BCUT2D eigenvalue weighted by Gasteiger charge is -2.05. The molecule has 0 aromatic heterocycles. The molecule has 36 valence electrons. The first kappa shape index (κ1) is 4.72. The summed E-state index contributed by atoms with van der Waals surface area (Å²) in [7, 11) is 0.471. The van der Waals surface area contributed by atoms with Crippen LogP contribution < -0.4 is 0 Å². The van der Waals surface area contributed by atoms with Gasteiger partial charge in [0.2, 0.25) is 0 Å². The van der Waals surface area contributed by atoms with Gasteiger partial charge in [-0.15, -0.1) is 0 Å². The van der Waals surface area contributed by atoms with Crippen LogP contribution in [0.4, 0.5) is 0 Å². The topological polar surface area (TPSA) is 0 Å². The molecule has 1 saturated heterocycles. The fourth-order valence-electron chi connectivity index (χ4n) is 0.687. The zero-order valence-corrected chi connectivity index (χ0v) is 6.17. The first-order valence-corrected chi connectivity index (χ1v) is 5.73. The Morgan fingerprint density at radius 1 is 1.50 bits per heavy atom. The summed E-state index contributed by atoms with van der Waals surface area (Å²) in [5.41, 5.74) is 0. The predicted molar refractivity (Wildman–Crippen MR) is 35.3 cm³/mol. The second-order valence-electron chi connectivity index (χ2n) is 1.67. The van der Waals surface area contributed by atoms with E-state index in [1.807, 2.05) is 0 Å². The van der Waals surface area contributed by atoms with E-state index in [0.717, 1.165) is 0 Å². The van der Waals surface area contributed by atoms with Crippen molar-refractivity contribution in [3.05, 3.63) is 0 Å². The SMILES string of the molecule is C1C[SiH2]CSC1. The Morgan fingerprint density at radius 3 is 2.67 bits per heavy atom. The van der Waals surface area contributed by atoms with E-state index in [4.69, 9.17) is 0 Å².